The number of hydrogen-bond donors (Lipinski definition) is 1. The lowest BCUT2D eigenvalue weighted by atomic mass is 10.1. The molecule has 166 valence electrons. The third-order valence-corrected chi connectivity index (χ3v) is 5.75. The summed E-state index contributed by atoms with van der Waals surface area (Å²) in [6.07, 6.45) is -7.14. The fourth-order valence-corrected chi connectivity index (χ4v) is 3.75. The van der Waals surface area contributed by atoms with Crippen LogP contribution in [0, 0.1) is 0 Å². The maximum atomic E-state index is 13.9. The molecule has 0 atom stereocenters. The molecule has 0 radical (unpaired) electrons. The maximum Gasteiger partial charge on any atom is 0.460 e. The van der Waals surface area contributed by atoms with Crippen molar-refractivity contribution in [2.24, 2.45) is 5.84 Å². The Labute approximate surface area is 158 Å². The lowest BCUT2D eigenvalue weighted by Gasteiger charge is -2.38. The first-order chi connectivity index (χ1) is 12.7. The van der Waals surface area contributed by atoms with Gasteiger partial charge in [-0.2, -0.15) is 39.5 Å². The van der Waals surface area contributed by atoms with Crippen LogP contribution in [0.15, 0.2) is 23.1 Å². The third-order valence-electron chi connectivity index (χ3n) is 3.94. The SMILES string of the molecule is CC1(C)CN(N)c2cc(S(=O)(=O)C(F)(F)C(F)(F)C(F)(F)C(F)(F)F)ccc2O1. The van der Waals surface area contributed by atoms with E-state index in [1.807, 2.05) is 0 Å². The molecule has 0 aromatic heterocycles. The molecule has 2 N–H and O–H groups in total. The molecule has 0 amide bonds. The zero-order valence-corrected chi connectivity index (χ0v) is 15.3. The summed E-state index contributed by atoms with van der Waals surface area (Å²) in [5.74, 6) is -9.19. The van der Waals surface area contributed by atoms with Crippen LogP contribution in [0.25, 0.3) is 0 Å². The normalized spacial score (nSPS) is 18.3. The molecule has 1 heterocycles. The van der Waals surface area contributed by atoms with Crippen LogP contribution in [0.4, 0.5) is 45.2 Å². The van der Waals surface area contributed by atoms with Gasteiger partial charge in [0.2, 0.25) is 9.84 Å². The second-order valence-electron chi connectivity index (χ2n) is 6.79. The highest BCUT2D eigenvalue weighted by atomic mass is 32.2. The Morgan fingerprint density at radius 2 is 1.52 bits per heavy atom. The minimum Gasteiger partial charge on any atom is -0.484 e. The van der Waals surface area contributed by atoms with Gasteiger partial charge >= 0.3 is 23.3 Å². The van der Waals surface area contributed by atoms with E-state index in [1.165, 1.54) is 0 Å². The van der Waals surface area contributed by atoms with E-state index >= 15 is 0 Å². The summed E-state index contributed by atoms with van der Waals surface area (Å²) in [4.78, 5) is -1.65. The van der Waals surface area contributed by atoms with Gasteiger partial charge in [-0.15, -0.1) is 0 Å². The molecule has 0 saturated carbocycles. The second-order valence-corrected chi connectivity index (χ2v) is 8.78. The van der Waals surface area contributed by atoms with Crippen LogP contribution in [0.5, 0.6) is 5.75 Å². The van der Waals surface area contributed by atoms with Crippen LogP contribution >= 0.6 is 0 Å². The van der Waals surface area contributed by atoms with E-state index < -0.39 is 43.6 Å². The van der Waals surface area contributed by atoms with E-state index in [1.54, 1.807) is 13.8 Å². The van der Waals surface area contributed by atoms with Crippen molar-refractivity contribution in [3.05, 3.63) is 18.2 Å². The molecule has 15 heteroatoms. The van der Waals surface area contributed by atoms with E-state index in [9.17, 15) is 47.9 Å². The van der Waals surface area contributed by atoms with Crippen molar-refractivity contribution in [1.29, 1.82) is 0 Å². The number of ether oxygens (including phenoxy) is 1. The highest BCUT2D eigenvalue weighted by molar-refractivity contribution is 7.92. The number of hydrazine groups is 1. The topological polar surface area (TPSA) is 72.6 Å². The highest BCUT2D eigenvalue weighted by Crippen LogP contribution is 2.56. The number of nitrogens with two attached hydrogens (primary N) is 1. The fraction of sp³-hybridized carbons (Fsp3) is 0.571. The van der Waals surface area contributed by atoms with Crippen molar-refractivity contribution in [2.45, 2.75) is 47.6 Å². The Kier molecular flexibility index (Phi) is 5.08. The van der Waals surface area contributed by atoms with Gasteiger partial charge in [0.1, 0.15) is 11.4 Å². The van der Waals surface area contributed by atoms with Gasteiger partial charge in [0.25, 0.3) is 0 Å². The van der Waals surface area contributed by atoms with Gasteiger partial charge in [0.15, 0.2) is 0 Å². The van der Waals surface area contributed by atoms with Gasteiger partial charge in [-0.05, 0) is 32.0 Å². The molecule has 1 aromatic carbocycles. The largest absolute Gasteiger partial charge is 0.484 e. The van der Waals surface area contributed by atoms with E-state index in [0.717, 1.165) is 11.1 Å². The smallest absolute Gasteiger partial charge is 0.460 e. The van der Waals surface area contributed by atoms with Crippen LogP contribution in [0.3, 0.4) is 0 Å². The summed E-state index contributed by atoms with van der Waals surface area (Å²) < 4.78 is 147. The van der Waals surface area contributed by atoms with Crippen LogP contribution in [-0.2, 0) is 9.84 Å². The Morgan fingerprint density at radius 3 is 2.00 bits per heavy atom. The van der Waals surface area contributed by atoms with Crippen molar-refractivity contribution in [3.8, 4) is 5.75 Å². The first-order valence-electron chi connectivity index (χ1n) is 7.49. The molecular formula is C14H13F9N2O3S. The number of halogens is 9. The molecule has 1 aliphatic rings. The summed E-state index contributed by atoms with van der Waals surface area (Å²) in [5, 5.41) is -6.00. The van der Waals surface area contributed by atoms with Crippen molar-refractivity contribution in [1.82, 2.24) is 0 Å². The molecule has 29 heavy (non-hydrogen) atoms. The molecule has 1 aliphatic heterocycles. The quantitative estimate of drug-likeness (QED) is 0.548. The van der Waals surface area contributed by atoms with Crippen molar-refractivity contribution < 1.29 is 52.7 Å². The predicted octanol–water partition coefficient (Wildman–Crippen LogP) is 3.74. The standard InChI is InChI=1S/C14H13F9N2O3S/c1-10(2)6-25(24)8-5-7(3-4-9(8)28-10)29(26,27)14(22,23)12(17,18)11(15,16)13(19,20)21/h3-5H,6,24H2,1-2H3. The van der Waals surface area contributed by atoms with Crippen LogP contribution in [-0.4, -0.2) is 43.8 Å². The number of fused-ring (bicyclic) bond motifs is 1. The number of alkyl halides is 9. The van der Waals surface area contributed by atoms with Gasteiger partial charge in [-0.3, -0.25) is 0 Å². The van der Waals surface area contributed by atoms with E-state index in [-0.39, 0.29) is 18.0 Å². The zero-order valence-electron chi connectivity index (χ0n) is 14.5. The average Bonchev–Trinajstić information content (AvgIpc) is 2.51. The van der Waals surface area contributed by atoms with Crippen LogP contribution in [0.2, 0.25) is 0 Å². The summed E-state index contributed by atoms with van der Waals surface area (Å²) in [5.41, 5.74) is -1.31. The third kappa shape index (κ3) is 3.37. The first-order valence-corrected chi connectivity index (χ1v) is 8.97. The summed E-state index contributed by atoms with van der Waals surface area (Å²) in [6.45, 7) is 2.98. The van der Waals surface area contributed by atoms with Gasteiger partial charge in [0, 0.05) is 0 Å². The Morgan fingerprint density at radius 1 is 1.00 bits per heavy atom. The number of rotatable bonds is 4. The van der Waals surface area contributed by atoms with Gasteiger partial charge in [-0.1, -0.05) is 0 Å². The number of nitrogens with zero attached hydrogens (tertiary/aromatic N) is 1. The molecule has 0 bridgehead atoms. The Balaban J connectivity index is 2.59. The summed E-state index contributed by atoms with van der Waals surface area (Å²) >= 11 is 0. The van der Waals surface area contributed by atoms with E-state index in [4.69, 9.17) is 10.6 Å². The van der Waals surface area contributed by atoms with Crippen molar-refractivity contribution in [3.63, 3.8) is 0 Å². The van der Waals surface area contributed by atoms with Gasteiger partial charge in [-0.25, -0.2) is 14.3 Å². The number of benzene rings is 1. The molecule has 0 unspecified atom stereocenters. The predicted molar refractivity (Wildman–Crippen MR) is 80.8 cm³/mol. The lowest BCUT2D eigenvalue weighted by Crippen LogP contribution is -2.63. The van der Waals surface area contributed by atoms with Crippen molar-refractivity contribution >= 4 is 15.5 Å². The zero-order chi connectivity index (χ0) is 22.8. The summed E-state index contributed by atoms with van der Waals surface area (Å²) in [6, 6.07) is 1.36. The first kappa shape index (κ1) is 23.4. The fourth-order valence-electron chi connectivity index (χ4n) is 2.48. The molecule has 2 rings (SSSR count). The van der Waals surface area contributed by atoms with Gasteiger partial charge < -0.3 is 9.75 Å². The highest BCUT2D eigenvalue weighted by Gasteiger charge is 2.85. The number of sulfone groups is 1. The lowest BCUT2D eigenvalue weighted by molar-refractivity contribution is -0.382. The molecule has 0 saturated heterocycles. The minimum absolute atomic E-state index is 0.123. The second kappa shape index (κ2) is 6.30. The number of hydrogen-bond acceptors (Lipinski definition) is 5. The van der Waals surface area contributed by atoms with Crippen LogP contribution < -0.4 is 15.6 Å². The number of anilines is 1. The molecule has 0 spiro atoms. The minimum atomic E-state index is -7.34. The molecule has 0 fully saturated rings. The Hall–Kier alpha value is -1.90. The molecule has 1 aromatic rings. The average molecular weight is 460 g/mol. The van der Waals surface area contributed by atoms with Gasteiger partial charge in [0.05, 0.1) is 17.1 Å². The summed E-state index contributed by atoms with van der Waals surface area (Å²) in [7, 11) is -6.73. The maximum absolute atomic E-state index is 13.9. The van der Waals surface area contributed by atoms with Crippen molar-refractivity contribution in [2.75, 3.05) is 11.6 Å². The van der Waals surface area contributed by atoms with E-state index in [2.05, 4.69) is 0 Å². The molecule has 0 aliphatic carbocycles. The van der Waals surface area contributed by atoms with Crippen LogP contribution in [0.1, 0.15) is 13.8 Å². The van der Waals surface area contributed by atoms with E-state index in [0.29, 0.717) is 12.1 Å². The Bertz CT molecular complexity index is 913. The molecule has 5 nitrogen and oxygen atoms in total. The monoisotopic (exact) mass is 460 g/mol. The molecular weight excluding hydrogens is 447 g/mol.